The smallest absolute Gasteiger partial charge is 0.243 e. The van der Waals surface area contributed by atoms with Gasteiger partial charge in [0.25, 0.3) is 0 Å². The van der Waals surface area contributed by atoms with E-state index >= 15 is 0 Å². The number of amides is 2. The van der Waals surface area contributed by atoms with Crippen molar-refractivity contribution in [1.29, 1.82) is 0 Å². The van der Waals surface area contributed by atoms with E-state index in [2.05, 4.69) is 15.5 Å². The summed E-state index contributed by atoms with van der Waals surface area (Å²) in [6.07, 6.45) is 0. The van der Waals surface area contributed by atoms with Crippen LogP contribution in [0.2, 0.25) is 5.02 Å². The van der Waals surface area contributed by atoms with Crippen LogP contribution in [0.1, 0.15) is 12.5 Å². The van der Waals surface area contributed by atoms with Crippen LogP contribution in [0.5, 0.6) is 0 Å². The summed E-state index contributed by atoms with van der Waals surface area (Å²) in [4.78, 5) is 26.3. The summed E-state index contributed by atoms with van der Waals surface area (Å²) in [5, 5.41) is 5.92. The number of halogens is 1. The van der Waals surface area contributed by atoms with Gasteiger partial charge in [0.05, 0.1) is 16.3 Å². The first kappa shape index (κ1) is 21.6. The molecule has 10 heteroatoms. The highest BCUT2D eigenvalue weighted by molar-refractivity contribution is 7.89. The number of piperazine rings is 1. The minimum absolute atomic E-state index is 0.0720. The number of aryl methyl sites for hydroxylation is 1. The maximum absolute atomic E-state index is 13.2. The summed E-state index contributed by atoms with van der Waals surface area (Å²) < 4.78 is 27.9. The number of carbonyl (C=O) groups is 2. The summed E-state index contributed by atoms with van der Waals surface area (Å²) in [6.45, 7) is 5.22. The van der Waals surface area contributed by atoms with Crippen LogP contribution >= 0.6 is 11.6 Å². The van der Waals surface area contributed by atoms with Gasteiger partial charge < -0.3 is 15.5 Å². The molecule has 1 fully saturated rings. The predicted octanol–water partition coefficient (Wildman–Crippen LogP) is 2.69. The van der Waals surface area contributed by atoms with Gasteiger partial charge in [-0.25, -0.2) is 8.42 Å². The van der Waals surface area contributed by atoms with Crippen LogP contribution in [0, 0.1) is 12.8 Å². The van der Waals surface area contributed by atoms with Crippen molar-refractivity contribution in [3.8, 4) is 0 Å². The van der Waals surface area contributed by atoms with E-state index in [-0.39, 0.29) is 10.6 Å². The second kappa shape index (κ2) is 8.14. The molecule has 0 bridgehead atoms. The van der Waals surface area contributed by atoms with E-state index in [0.29, 0.717) is 36.9 Å². The Kier molecular flexibility index (Phi) is 5.67. The zero-order valence-electron chi connectivity index (χ0n) is 17.2. The number of hydrogen-bond acceptors (Lipinski definition) is 5. The predicted molar refractivity (Wildman–Crippen MR) is 120 cm³/mol. The van der Waals surface area contributed by atoms with Crippen LogP contribution in [0.15, 0.2) is 41.3 Å². The molecule has 164 valence electrons. The number of nitrogens with one attached hydrogen (secondary N) is 2. The molecule has 2 aromatic rings. The molecular formula is C21H23ClN4O4S. The van der Waals surface area contributed by atoms with Gasteiger partial charge in [0.1, 0.15) is 5.92 Å². The van der Waals surface area contributed by atoms with Gasteiger partial charge in [-0.3, -0.25) is 9.59 Å². The van der Waals surface area contributed by atoms with E-state index in [0.717, 1.165) is 11.3 Å². The fourth-order valence-electron chi connectivity index (χ4n) is 3.74. The highest BCUT2D eigenvalue weighted by Gasteiger charge is 2.31. The maximum Gasteiger partial charge on any atom is 0.243 e. The van der Waals surface area contributed by atoms with Gasteiger partial charge in [-0.1, -0.05) is 17.7 Å². The Balaban J connectivity index is 1.54. The first-order valence-corrected chi connectivity index (χ1v) is 11.8. The third-order valence-corrected chi connectivity index (χ3v) is 7.81. The van der Waals surface area contributed by atoms with E-state index in [1.54, 1.807) is 0 Å². The van der Waals surface area contributed by atoms with Crippen molar-refractivity contribution in [2.24, 2.45) is 5.92 Å². The van der Waals surface area contributed by atoms with E-state index in [9.17, 15) is 18.0 Å². The number of fused-ring (bicyclic) bond motifs is 1. The summed E-state index contributed by atoms with van der Waals surface area (Å²) in [6, 6.07) is 10.0. The molecular weight excluding hydrogens is 440 g/mol. The fourth-order valence-corrected chi connectivity index (χ4v) is 5.35. The van der Waals surface area contributed by atoms with E-state index in [1.165, 1.54) is 29.4 Å². The van der Waals surface area contributed by atoms with Crippen LogP contribution < -0.4 is 15.5 Å². The van der Waals surface area contributed by atoms with E-state index in [1.807, 2.05) is 25.1 Å². The van der Waals surface area contributed by atoms with E-state index in [4.69, 9.17) is 11.6 Å². The van der Waals surface area contributed by atoms with Gasteiger partial charge in [0, 0.05) is 36.9 Å². The number of sulfonamides is 1. The molecule has 1 saturated heterocycles. The van der Waals surface area contributed by atoms with Crippen LogP contribution in [0.25, 0.3) is 0 Å². The second-order valence-electron chi connectivity index (χ2n) is 7.73. The van der Waals surface area contributed by atoms with Crippen molar-refractivity contribution in [2.75, 3.05) is 41.7 Å². The molecule has 2 amide bonds. The van der Waals surface area contributed by atoms with Gasteiger partial charge >= 0.3 is 0 Å². The molecule has 0 saturated carbocycles. The molecule has 1 atom stereocenters. The molecule has 0 spiro atoms. The van der Waals surface area contributed by atoms with Gasteiger partial charge in [-0.05, 0) is 49.7 Å². The molecule has 2 heterocycles. The van der Waals surface area contributed by atoms with Crippen molar-refractivity contribution >= 4 is 50.5 Å². The molecule has 2 N–H and O–H groups in total. The topological polar surface area (TPSA) is 98.8 Å². The van der Waals surface area contributed by atoms with Crippen molar-refractivity contribution in [1.82, 2.24) is 4.31 Å². The zero-order chi connectivity index (χ0) is 22.3. The number of hydrogen-bond donors (Lipinski definition) is 2. The normalized spacial score (nSPS) is 20.0. The second-order valence-corrected chi connectivity index (χ2v) is 10.1. The first-order valence-electron chi connectivity index (χ1n) is 9.94. The minimum Gasteiger partial charge on any atom is -0.369 e. The number of anilines is 3. The standard InChI is InChI=1S/C21H23ClN4O4S/c1-13-3-4-15(22)11-19(13)25-7-9-26(10-8-25)31(29,30)16-5-6-17-18(12-16)24-21(28)14(2)20(27)23-17/h3-6,11-12,14H,7-10H2,1-2H3,(H,23,27)(H,24,28)/t14-/m0/s1. The Morgan fingerprint density at radius 1 is 0.935 bits per heavy atom. The monoisotopic (exact) mass is 462 g/mol. The SMILES string of the molecule is Cc1ccc(Cl)cc1N1CCN(S(=O)(=O)c2ccc3c(c2)NC(=O)[C@@H](C)C(=O)N3)CC1. The Labute approximate surface area is 186 Å². The number of nitrogens with zero attached hydrogens (tertiary/aromatic N) is 2. The largest absolute Gasteiger partial charge is 0.369 e. The average molecular weight is 463 g/mol. The Morgan fingerprint density at radius 3 is 2.26 bits per heavy atom. The summed E-state index contributed by atoms with van der Waals surface area (Å²) in [5.74, 6) is -1.77. The van der Waals surface area contributed by atoms with Gasteiger partial charge in [0.2, 0.25) is 21.8 Å². The lowest BCUT2D eigenvalue weighted by Gasteiger charge is -2.36. The molecule has 0 radical (unpaired) electrons. The molecule has 0 unspecified atom stereocenters. The van der Waals surface area contributed by atoms with Crippen molar-refractivity contribution in [3.05, 3.63) is 47.0 Å². The summed E-state index contributed by atoms with van der Waals surface area (Å²) >= 11 is 6.13. The van der Waals surface area contributed by atoms with E-state index < -0.39 is 27.8 Å². The van der Waals surface area contributed by atoms with Gasteiger partial charge in [-0.15, -0.1) is 0 Å². The number of carbonyl (C=O) groups excluding carboxylic acids is 2. The lowest BCUT2D eigenvalue weighted by molar-refractivity contribution is -0.128. The molecule has 2 aliphatic heterocycles. The Morgan fingerprint density at radius 2 is 1.58 bits per heavy atom. The molecule has 0 aliphatic carbocycles. The lowest BCUT2D eigenvalue weighted by atomic mass is 10.1. The fraction of sp³-hybridized carbons (Fsp3) is 0.333. The Bertz CT molecular complexity index is 1160. The summed E-state index contributed by atoms with van der Waals surface area (Å²) in [5.41, 5.74) is 2.74. The average Bonchev–Trinajstić information content (AvgIpc) is 2.85. The van der Waals surface area contributed by atoms with Crippen molar-refractivity contribution in [3.63, 3.8) is 0 Å². The third kappa shape index (κ3) is 4.13. The quantitative estimate of drug-likeness (QED) is 0.683. The third-order valence-electron chi connectivity index (χ3n) is 5.68. The highest BCUT2D eigenvalue weighted by atomic mass is 35.5. The molecule has 2 aliphatic rings. The van der Waals surface area contributed by atoms with Gasteiger partial charge in [0.15, 0.2) is 0 Å². The molecule has 4 rings (SSSR count). The van der Waals surface area contributed by atoms with Crippen molar-refractivity contribution in [2.45, 2.75) is 18.7 Å². The first-order chi connectivity index (χ1) is 14.7. The van der Waals surface area contributed by atoms with Crippen LogP contribution in [-0.4, -0.2) is 50.7 Å². The van der Waals surface area contributed by atoms with Crippen LogP contribution in [0.4, 0.5) is 17.1 Å². The molecule has 8 nitrogen and oxygen atoms in total. The van der Waals surface area contributed by atoms with Gasteiger partial charge in [-0.2, -0.15) is 4.31 Å². The van der Waals surface area contributed by atoms with Crippen molar-refractivity contribution < 1.29 is 18.0 Å². The zero-order valence-corrected chi connectivity index (χ0v) is 18.8. The molecule has 31 heavy (non-hydrogen) atoms. The minimum atomic E-state index is -3.76. The van der Waals surface area contributed by atoms with Crippen LogP contribution in [-0.2, 0) is 19.6 Å². The molecule has 0 aromatic heterocycles. The molecule has 2 aromatic carbocycles. The maximum atomic E-state index is 13.2. The Hall–Kier alpha value is -2.62. The van der Waals surface area contributed by atoms with Crippen LogP contribution in [0.3, 0.4) is 0 Å². The highest BCUT2D eigenvalue weighted by Crippen LogP contribution is 2.31. The number of rotatable bonds is 3. The summed E-state index contributed by atoms with van der Waals surface area (Å²) in [7, 11) is -3.76. The lowest BCUT2D eigenvalue weighted by Crippen LogP contribution is -2.48. The number of benzene rings is 2.